The van der Waals surface area contributed by atoms with Gasteiger partial charge in [0.25, 0.3) is 0 Å². The van der Waals surface area contributed by atoms with Crippen LogP contribution < -0.4 is 16.0 Å². The average Bonchev–Trinajstić information content (AvgIpc) is 3.08. The molecule has 1 aliphatic heterocycles. The molecule has 1 unspecified atom stereocenters. The number of nitrogens with one attached hydrogen (secondary N) is 3. The summed E-state index contributed by atoms with van der Waals surface area (Å²) in [5.74, 6) is 1.93. The summed E-state index contributed by atoms with van der Waals surface area (Å²) in [5.41, 5.74) is 1.03. The molecular weight excluding hydrogens is 352 g/mol. The molecule has 3 rings (SSSR count). The molecule has 1 saturated heterocycles. The van der Waals surface area contributed by atoms with Crippen LogP contribution in [-0.2, 0) is 22.7 Å². The van der Waals surface area contributed by atoms with E-state index in [-0.39, 0.29) is 30.3 Å². The van der Waals surface area contributed by atoms with Crippen LogP contribution >= 0.6 is 11.8 Å². The molecule has 3 N–H and O–H groups in total. The fourth-order valence-corrected chi connectivity index (χ4v) is 3.53. The van der Waals surface area contributed by atoms with E-state index < -0.39 is 0 Å². The van der Waals surface area contributed by atoms with Crippen molar-refractivity contribution in [3.63, 3.8) is 0 Å². The second-order valence-electron chi connectivity index (χ2n) is 6.01. The Morgan fingerprint density at radius 2 is 2.12 bits per heavy atom. The Labute approximate surface area is 156 Å². The van der Waals surface area contributed by atoms with E-state index in [2.05, 4.69) is 26.0 Å². The Hall–Kier alpha value is -2.39. The minimum atomic E-state index is -0.167. The predicted octanol–water partition coefficient (Wildman–Crippen LogP) is 0.628. The molecule has 26 heavy (non-hydrogen) atoms. The lowest BCUT2D eigenvalue weighted by molar-refractivity contribution is -0.122. The van der Waals surface area contributed by atoms with Crippen LogP contribution in [-0.4, -0.2) is 50.7 Å². The van der Waals surface area contributed by atoms with Gasteiger partial charge in [0.05, 0.1) is 0 Å². The van der Waals surface area contributed by atoms with Gasteiger partial charge in [-0.3, -0.25) is 14.9 Å². The first-order chi connectivity index (χ1) is 12.7. The highest BCUT2D eigenvalue weighted by atomic mass is 32.2. The van der Waals surface area contributed by atoms with Gasteiger partial charge in [-0.2, -0.15) is 11.8 Å². The maximum Gasteiger partial charge on any atom is 0.248 e. The van der Waals surface area contributed by atoms with E-state index in [1.165, 1.54) is 11.0 Å². The van der Waals surface area contributed by atoms with E-state index in [0.717, 1.165) is 23.6 Å². The molecule has 0 aliphatic carbocycles. The third-order valence-corrected chi connectivity index (χ3v) is 4.99. The van der Waals surface area contributed by atoms with Crippen LogP contribution in [0.4, 0.5) is 5.95 Å². The summed E-state index contributed by atoms with van der Waals surface area (Å²) in [7, 11) is 0. The number of nitrogens with zero attached hydrogens (tertiary/aromatic N) is 3. The SMILES string of the molecule is O=C(Cn1cnc(NC(=O)CC2CSCCN2)n1)NCc1ccccc1. The summed E-state index contributed by atoms with van der Waals surface area (Å²) in [6.45, 7) is 1.44. The fraction of sp³-hybridized carbons (Fsp3) is 0.412. The van der Waals surface area contributed by atoms with Crippen molar-refractivity contribution >= 4 is 29.5 Å². The summed E-state index contributed by atoms with van der Waals surface area (Å²) in [4.78, 5) is 28.1. The Bertz CT molecular complexity index is 730. The summed E-state index contributed by atoms with van der Waals surface area (Å²) < 4.78 is 1.41. The quantitative estimate of drug-likeness (QED) is 0.657. The molecule has 0 radical (unpaired) electrons. The fourth-order valence-electron chi connectivity index (χ4n) is 2.58. The lowest BCUT2D eigenvalue weighted by Gasteiger charge is -2.22. The van der Waals surface area contributed by atoms with Crippen molar-refractivity contribution in [1.82, 2.24) is 25.4 Å². The van der Waals surface area contributed by atoms with E-state index in [4.69, 9.17) is 0 Å². The Kier molecular flexibility index (Phi) is 6.62. The maximum absolute atomic E-state index is 12.0. The molecule has 1 atom stereocenters. The number of rotatable bonds is 7. The molecule has 2 amide bonds. The number of anilines is 1. The number of aromatic nitrogens is 3. The van der Waals surface area contributed by atoms with Crippen LogP contribution in [0.5, 0.6) is 0 Å². The highest BCUT2D eigenvalue weighted by molar-refractivity contribution is 7.99. The molecule has 0 spiro atoms. The van der Waals surface area contributed by atoms with Crippen LogP contribution in [0.15, 0.2) is 36.7 Å². The van der Waals surface area contributed by atoms with Gasteiger partial charge in [0.1, 0.15) is 12.9 Å². The van der Waals surface area contributed by atoms with Crippen molar-refractivity contribution in [3.8, 4) is 0 Å². The molecule has 0 bridgehead atoms. The zero-order valence-corrected chi connectivity index (χ0v) is 15.2. The molecule has 8 nitrogen and oxygen atoms in total. The van der Waals surface area contributed by atoms with Gasteiger partial charge < -0.3 is 10.6 Å². The van der Waals surface area contributed by atoms with Gasteiger partial charge in [0, 0.05) is 37.1 Å². The zero-order valence-electron chi connectivity index (χ0n) is 14.4. The van der Waals surface area contributed by atoms with E-state index in [0.29, 0.717) is 13.0 Å². The second kappa shape index (κ2) is 9.35. The van der Waals surface area contributed by atoms with Crippen LogP contribution in [0.1, 0.15) is 12.0 Å². The number of carbonyl (C=O) groups is 2. The average molecular weight is 374 g/mol. The highest BCUT2D eigenvalue weighted by Crippen LogP contribution is 2.11. The van der Waals surface area contributed by atoms with Gasteiger partial charge >= 0.3 is 0 Å². The Morgan fingerprint density at radius 3 is 2.88 bits per heavy atom. The first-order valence-corrected chi connectivity index (χ1v) is 9.65. The third kappa shape index (κ3) is 5.85. The van der Waals surface area contributed by atoms with E-state index in [1.54, 1.807) is 0 Å². The summed E-state index contributed by atoms with van der Waals surface area (Å²) in [5, 5.41) is 12.9. The molecule has 138 valence electrons. The first kappa shape index (κ1) is 18.4. The topological polar surface area (TPSA) is 101 Å². The summed E-state index contributed by atoms with van der Waals surface area (Å²) in [6.07, 6.45) is 1.82. The van der Waals surface area contributed by atoms with Gasteiger partial charge in [-0.15, -0.1) is 5.10 Å². The lowest BCUT2D eigenvalue weighted by atomic mass is 10.2. The van der Waals surface area contributed by atoms with Gasteiger partial charge in [-0.05, 0) is 5.56 Å². The molecule has 1 aromatic carbocycles. The second-order valence-corrected chi connectivity index (χ2v) is 7.16. The lowest BCUT2D eigenvalue weighted by Crippen LogP contribution is -2.40. The number of carbonyl (C=O) groups excluding carboxylic acids is 2. The zero-order chi connectivity index (χ0) is 18.2. The number of benzene rings is 1. The largest absolute Gasteiger partial charge is 0.350 e. The highest BCUT2D eigenvalue weighted by Gasteiger charge is 2.17. The monoisotopic (exact) mass is 374 g/mol. The van der Waals surface area contributed by atoms with Crippen molar-refractivity contribution in [2.75, 3.05) is 23.4 Å². The molecular formula is C17H22N6O2S. The summed E-state index contributed by atoms with van der Waals surface area (Å²) in [6, 6.07) is 9.86. The van der Waals surface area contributed by atoms with Gasteiger partial charge in [-0.1, -0.05) is 30.3 Å². The van der Waals surface area contributed by atoms with Crippen molar-refractivity contribution in [3.05, 3.63) is 42.2 Å². The summed E-state index contributed by atoms with van der Waals surface area (Å²) >= 11 is 1.84. The Morgan fingerprint density at radius 1 is 1.27 bits per heavy atom. The predicted molar refractivity (Wildman–Crippen MR) is 101 cm³/mol. The molecule has 2 heterocycles. The third-order valence-electron chi connectivity index (χ3n) is 3.86. The molecule has 1 fully saturated rings. The normalized spacial score (nSPS) is 16.8. The van der Waals surface area contributed by atoms with Gasteiger partial charge in [0.2, 0.25) is 17.8 Å². The van der Waals surface area contributed by atoms with Crippen LogP contribution in [0.25, 0.3) is 0 Å². The number of hydrogen-bond acceptors (Lipinski definition) is 6. The number of thioether (sulfide) groups is 1. The van der Waals surface area contributed by atoms with Crippen LogP contribution in [0, 0.1) is 0 Å². The number of amides is 2. The van der Waals surface area contributed by atoms with Crippen LogP contribution in [0.2, 0.25) is 0 Å². The molecule has 1 aliphatic rings. The number of hydrogen-bond donors (Lipinski definition) is 3. The van der Waals surface area contributed by atoms with E-state index in [1.807, 2.05) is 42.1 Å². The Balaban J connectivity index is 1.42. The minimum absolute atomic E-state index is 0.0521. The maximum atomic E-state index is 12.0. The van der Waals surface area contributed by atoms with Crippen molar-refractivity contribution in [1.29, 1.82) is 0 Å². The minimum Gasteiger partial charge on any atom is -0.350 e. The van der Waals surface area contributed by atoms with E-state index in [9.17, 15) is 9.59 Å². The molecule has 2 aromatic rings. The molecule has 1 aromatic heterocycles. The van der Waals surface area contributed by atoms with Crippen molar-refractivity contribution in [2.24, 2.45) is 0 Å². The molecule has 0 saturated carbocycles. The molecule has 9 heteroatoms. The first-order valence-electron chi connectivity index (χ1n) is 8.50. The van der Waals surface area contributed by atoms with Crippen LogP contribution in [0.3, 0.4) is 0 Å². The van der Waals surface area contributed by atoms with Crippen molar-refractivity contribution < 1.29 is 9.59 Å². The standard InChI is InChI=1S/C17H22N6O2S/c24-15(8-14-11-26-7-6-18-14)21-17-20-12-23(22-17)10-16(25)19-9-13-4-2-1-3-5-13/h1-5,12,14,18H,6-11H2,(H,19,25)(H,21,22,24). The van der Waals surface area contributed by atoms with Crippen molar-refractivity contribution in [2.45, 2.75) is 25.6 Å². The van der Waals surface area contributed by atoms with Gasteiger partial charge in [0.15, 0.2) is 0 Å². The van der Waals surface area contributed by atoms with E-state index >= 15 is 0 Å². The van der Waals surface area contributed by atoms with Gasteiger partial charge in [-0.25, -0.2) is 9.67 Å². The smallest absolute Gasteiger partial charge is 0.248 e.